The van der Waals surface area contributed by atoms with Gasteiger partial charge in [0.1, 0.15) is 5.75 Å². The first kappa shape index (κ1) is 26.8. The number of benzene rings is 3. The van der Waals surface area contributed by atoms with Crippen molar-refractivity contribution in [3.63, 3.8) is 0 Å². The monoisotopic (exact) mass is 519 g/mol. The van der Waals surface area contributed by atoms with Crippen molar-refractivity contribution in [1.82, 2.24) is 4.90 Å². The maximum absolute atomic E-state index is 13.6. The Morgan fingerprint density at radius 1 is 1.00 bits per heavy atom. The maximum atomic E-state index is 13.6. The lowest BCUT2D eigenvalue weighted by atomic mass is 9.75. The van der Waals surface area contributed by atoms with E-state index in [4.69, 9.17) is 26.4 Å². The molecule has 0 bridgehead atoms. The van der Waals surface area contributed by atoms with Gasteiger partial charge in [-0.3, -0.25) is 9.69 Å². The first-order chi connectivity index (χ1) is 17.9. The van der Waals surface area contributed by atoms with Crippen molar-refractivity contribution in [2.45, 2.75) is 44.6 Å². The molecule has 0 aromatic heterocycles. The number of methoxy groups -OCH3 is 1. The van der Waals surface area contributed by atoms with Crippen LogP contribution in [0.4, 0.5) is 0 Å². The average molecular weight is 520 g/mol. The van der Waals surface area contributed by atoms with Gasteiger partial charge in [0.25, 0.3) is 5.17 Å². The van der Waals surface area contributed by atoms with Gasteiger partial charge in [-0.05, 0) is 35.8 Å². The van der Waals surface area contributed by atoms with Crippen LogP contribution >= 0.6 is 12.2 Å². The van der Waals surface area contributed by atoms with Crippen molar-refractivity contribution < 1.29 is 24.1 Å². The first-order valence-electron chi connectivity index (χ1n) is 12.4. The molecule has 1 N–H and O–H groups in total. The third kappa shape index (κ3) is 5.69. The Bertz CT molecular complexity index is 1140. The Hall–Kier alpha value is -3.26. The highest BCUT2D eigenvalue weighted by Crippen LogP contribution is 2.47. The number of hydrogen-bond donors (Lipinski definition) is 1. The molecule has 0 spiro atoms. The molecule has 0 saturated carbocycles. The lowest BCUT2D eigenvalue weighted by molar-refractivity contribution is -0.132. The number of aliphatic hydroxyl groups is 1. The van der Waals surface area contributed by atoms with Gasteiger partial charge in [0, 0.05) is 11.1 Å². The molecule has 1 saturated heterocycles. The number of nitrogens with zero attached hydrogens (tertiary/aromatic N) is 1. The van der Waals surface area contributed by atoms with E-state index in [0.717, 1.165) is 22.4 Å². The normalized spacial score (nSPS) is 17.5. The third-order valence-corrected chi connectivity index (χ3v) is 6.87. The number of aliphatic hydroxyl groups excluding tert-OH is 1. The number of thiocarbonyl (C=S) groups is 1. The van der Waals surface area contributed by atoms with Crippen molar-refractivity contribution in [3.8, 4) is 5.75 Å². The van der Waals surface area contributed by atoms with Crippen molar-refractivity contribution in [3.05, 3.63) is 102 Å². The van der Waals surface area contributed by atoms with E-state index in [0.29, 0.717) is 6.61 Å². The van der Waals surface area contributed by atoms with Crippen LogP contribution in [0.2, 0.25) is 0 Å². The molecule has 3 aromatic rings. The standard InChI is InChI=1S/C30H33NO5S/c1-21(2)28-30(23-10-6-4-7-11-23,24-12-8-5-9-13-24)36-29(37)31(28)27(33)18-25(32)20-35-19-22-14-16-26(34-3)17-15-22/h4-17,21,25,28,32H,18-20H2,1-3H3/t25-,28+/m1/s1. The Morgan fingerprint density at radius 3 is 2.08 bits per heavy atom. The zero-order valence-electron chi connectivity index (χ0n) is 21.4. The molecule has 3 aromatic carbocycles. The second-order valence-corrected chi connectivity index (χ2v) is 9.86. The molecule has 1 amide bonds. The molecule has 1 fully saturated rings. The van der Waals surface area contributed by atoms with Gasteiger partial charge in [0.05, 0.1) is 38.9 Å². The quantitative estimate of drug-likeness (QED) is 0.377. The van der Waals surface area contributed by atoms with E-state index in [-0.39, 0.29) is 30.0 Å². The van der Waals surface area contributed by atoms with Gasteiger partial charge in [0.15, 0.2) is 5.60 Å². The summed E-state index contributed by atoms with van der Waals surface area (Å²) in [7, 11) is 1.61. The number of hydrogen-bond acceptors (Lipinski definition) is 6. The molecule has 2 atom stereocenters. The molecule has 1 heterocycles. The molecule has 37 heavy (non-hydrogen) atoms. The fourth-order valence-corrected chi connectivity index (χ4v) is 5.30. The fraction of sp³-hybridized carbons (Fsp3) is 0.333. The SMILES string of the molecule is COc1ccc(COC[C@H](O)CC(=O)N2C(=S)OC(c3ccccc3)(c3ccccc3)[C@@H]2C(C)C)cc1. The second-order valence-electron chi connectivity index (χ2n) is 9.51. The van der Waals surface area contributed by atoms with Crippen molar-refractivity contribution in [1.29, 1.82) is 0 Å². The van der Waals surface area contributed by atoms with E-state index in [2.05, 4.69) is 13.8 Å². The van der Waals surface area contributed by atoms with E-state index >= 15 is 0 Å². The largest absolute Gasteiger partial charge is 0.497 e. The molecule has 0 radical (unpaired) electrons. The molecule has 0 aliphatic carbocycles. The van der Waals surface area contributed by atoms with E-state index in [1.165, 1.54) is 0 Å². The Balaban J connectivity index is 1.52. The lowest BCUT2D eigenvalue weighted by Gasteiger charge is -2.38. The van der Waals surface area contributed by atoms with Crippen LogP contribution < -0.4 is 4.74 Å². The number of rotatable bonds is 10. The molecule has 1 aliphatic heterocycles. The topological polar surface area (TPSA) is 68.2 Å². The van der Waals surface area contributed by atoms with Crippen LogP contribution in [0.3, 0.4) is 0 Å². The summed E-state index contributed by atoms with van der Waals surface area (Å²) in [4.78, 5) is 15.1. The van der Waals surface area contributed by atoms with Gasteiger partial charge in [-0.2, -0.15) is 0 Å². The number of amides is 1. The number of carbonyl (C=O) groups excluding carboxylic acids is 1. The van der Waals surface area contributed by atoms with E-state index < -0.39 is 17.7 Å². The van der Waals surface area contributed by atoms with Crippen LogP contribution in [0.5, 0.6) is 5.75 Å². The number of ether oxygens (including phenoxy) is 3. The van der Waals surface area contributed by atoms with E-state index in [9.17, 15) is 9.90 Å². The summed E-state index contributed by atoms with van der Waals surface area (Å²) < 4.78 is 17.3. The first-order valence-corrected chi connectivity index (χ1v) is 12.8. The van der Waals surface area contributed by atoms with Gasteiger partial charge in [0.2, 0.25) is 5.91 Å². The molecule has 1 aliphatic rings. The highest BCUT2D eigenvalue weighted by atomic mass is 32.1. The highest BCUT2D eigenvalue weighted by molar-refractivity contribution is 7.80. The van der Waals surface area contributed by atoms with E-state index in [1.54, 1.807) is 12.0 Å². The molecule has 6 nitrogen and oxygen atoms in total. The van der Waals surface area contributed by atoms with Crippen LogP contribution in [0.25, 0.3) is 0 Å². The molecule has 0 unspecified atom stereocenters. The molecule has 194 valence electrons. The third-order valence-electron chi connectivity index (χ3n) is 6.59. The van der Waals surface area contributed by atoms with Gasteiger partial charge in [-0.25, -0.2) is 0 Å². The predicted molar refractivity (Wildman–Crippen MR) is 146 cm³/mol. The van der Waals surface area contributed by atoms with Gasteiger partial charge in [-0.1, -0.05) is 86.6 Å². The van der Waals surface area contributed by atoms with Crippen LogP contribution in [-0.4, -0.2) is 47.0 Å². The van der Waals surface area contributed by atoms with Gasteiger partial charge >= 0.3 is 0 Å². The summed E-state index contributed by atoms with van der Waals surface area (Å²) in [5.41, 5.74) is 1.82. The molecular formula is C30H33NO5S. The Labute approximate surface area is 223 Å². The Kier molecular flexibility index (Phi) is 8.59. The minimum atomic E-state index is -0.982. The minimum absolute atomic E-state index is 0.00766. The van der Waals surface area contributed by atoms with Crippen LogP contribution in [0, 0.1) is 5.92 Å². The summed E-state index contributed by atoms with van der Waals surface area (Å²) in [6.45, 7) is 4.45. The highest BCUT2D eigenvalue weighted by Gasteiger charge is 2.57. The molecular weight excluding hydrogens is 486 g/mol. The van der Waals surface area contributed by atoms with Crippen LogP contribution in [-0.2, 0) is 26.5 Å². The van der Waals surface area contributed by atoms with Crippen LogP contribution in [0.15, 0.2) is 84.9 Å². The zero-order valence-corrected chi connectivity index (χ0v) is 22.2. The fourth-order valence-electron chi connectivity index (χ4n) is 4.96. The summed E-state index contributed by atoms with van der Waals surface area (Å²) in [6.07, 6.45) is -1.11. The van der Waals surface area contributed by atoms with Gasteiger partial charge in [-0.15, -0.1) is 0 Å². The van der Waals surface area contributed by atoms with Crippen molar-refractivity contribution in [2.75, 3.05) is 13.7 Å². The second kappa shape index (κ2) is 11.9. The summed E-state index contributed by atoms with van der Waals surface area (Å²) in [6, 6.07) is 26.8. The Morgan fingerprint density at radius 2 is 1.57 bits per heavy atom. The maximum Gasteiger partial charge on any atom is 0.267 e. The minimum Gasteiger partial charge on any atom is -0.497 e. The zero-order chi connectivity index (χ0) is 26.4. The van der Waals surface area contributed by atoms with E-state index in [1.807, 2.05) is 84.9 Å². The van der Waals surface area contributed by atoms with Gasteiger partial charge < -0.3 is 19.3 Å². The lowest BCUT2D eigenvalue weighted by Crippen LogP contribution is -2.50. The summed E-state index contributed by atoms with van der Waals surface area (Å²) in [5, 5.41) is 10.8. The smallest absolute Gasteiger partial charge is 0.267 e. The number of carbonyl (C=O) groups is 1. The van der Waals surface area contributed by atoms with Crippen LogP contribution in [0.1, 0.15) is 37.0 Å². The summed E-state index contributed by atoms with van der Waals surface area (Å²) >= 11 is 5.65. The summed E-state index contributed by atoms with van der Waals surface area (Å²) in [5.74, 6) is 0.478. The van der Waals surface area contributed by atoms with Crippen molar-refractivity contribution >= 4 is 23.3 Å². The molecule has 4 rings (SSSR count). The predicted octanol–water partition coefficient (Wildman–Crippen LogP) is 5.07. The van der Waals surface area contributed by atoms with Crippen molar-refractivity contribution in [2.24, 2.45) is 5.92 Å². The average Bonchev–Trinajstić information content (AvgIpc) is 3.24. The molecule has 7 heteroatoms.